The Morgan fingerprint density at radius 2 is 1.95 bits per heavy atom. The molecule has 0 aliphatic carbocycles. The van der Waals surface area contributed by atoms with Crippen LogP contribution in [0, 0.1) is 0 Å². The van der Waals surface area contributed by atoms with Crippen LogP contribution in [0.3, 0.4) is 0 Å². The normalized spacial score (nSPS) is 13.5. The van der Waals surface area contributed by atoms with Gasteiger partial charge in [-0.2, -0.15) is 0 Å². The first kappa shape index (κ1) is 18.0. The van der Waals surface area contributed by atoms with E-state index < -0.39 is 0 Å². The Morgan fingerprint density at radius 3 is 2.52 bits per heavy atom. The zero-order valence-electron chi connectivity index (χ0n) is 14.3. The molecule has 0 fully saturated rings. The van der Waals surface area contributed by atoms with Gasteiger partial charge in [-0.05, 0) is 45.5 Å². The number of nitrogens with zero attached hydrogens (tertiary/aromatic N) is 1. The third-order valence-corrected chi connectivity index (χ3v) is 3.42. The summed E-state index contributed by atoms with van der Waals surface area (Å²) in [6.07, 6.45) is 0. The summed E-state index contributed by atoms with van der Waals surface area (Å²) < 4.78 is 10.6. The fourth-order valence-electron chi connectivity index (χ4n) is 2.15. The predicted molar refractivity (Wildman–Crippen MR) is 87.9 cm³/mol. The van der Waals surface area contributed by atoms with Crippen LogP contribution in [0.1, 0.15) is 26.3 Å². The number of methoxy groups -OCH3 is 2. The Hall–Kier alpha value is -1.10. The largest absolute Gasteiger partial charge is 0.497 e. The SMILES string of the molecule is COCC(CNC(C)(C)C)N(C)Cc1cccc(OC)c1. The fraction of sp³-hybridized carbons (Fsp3) is 0.647. The van der Waals surface area contributed by atoms with Gasteiger partial charge in [-0.15, -0.1) is 0 Å². The van der Waals surface area contributed by atoms with E-state index >= 15 is 0 Å². The van der Waals surface area contributed by atoms with Crippen LogP contribution in [0.5, 0.6) is 5.75 Å². The fourth-order valence-corrected chi connectivity index (χ4v) is 2.15. The topological polar surface area (TPSA) is 33.7 Å². The molecule has 1 unspecified atom stereocenters. The molecule has 0 amide bonds. The first-order valence-corrected chi connectivity index (χ1v) is 7.43. The number of hydrogen-bond acceptors (Lipinski definition) is 4. The first-order chi connectivity index (χ1) is 9.85. The van der Waals surface area contributed by atoms with Gasteiger partial charge in [-0.25, -0.2) is 0 Å². The number of ether oxygens (including phenoxy) is 2. The molecule has 0 saturated heterocycles. The molecule has 1 atom stereocenters. The van der Waals surface area contributed by atoms with Gasteiger partial charge in [0.2, 0.25) is 0 Å². The maximum atomic E-state index is 5.37. The molecule has 1 aromatic carbocycles. The highest BCUT2D eigenvalue weighted by Crippen LogP contribution is 2.15. The predicted octanol–water partition coefficient (Wildman–Crippen LogP) is 2.53. The van der Waals surface area contributed by atoms with Gasteiger partial charge in [0.05, 0.1) is 13.7 Å². The highest BCUT2D eigenvalue weighted by molar-refractivity contribution is 5.28. The summed E-state index contributed by atoms with van der Waals surface area (Å²) in [5.41, 5.74) is 1.36. The molecular formula is C17H30N2O2. The van der Waals surface area contributed by atoms with Crippen molar-refractivity contribution >= 4 is 0 Å². The van der Waals surface area contributed by atoms with E-state index in [4.69, 9.17) is 9.47 Å². The van der Waals surface area contributed by atoms with E-state index in [9.17, 15) is 0 Å². The molecule has 120 valence electrons. The molecule has 0 spiro atoms. The lowest BCUT2D eigenvalue weighted by molar-refractivity contribution is 0.0972. The quantitative estimate of drug-likeness (QED) is 0.799. The van der Waals surface area contributed by atoms with E-state index in [2.05, 4.69) is 50.2 Å². The second-order valence-electron chi connectivity index (χ2n) is 6.51. The summed E-state index contributed by atoms with van der Waals surface area (Å²) in [5.74, 6) is 0.900. The van der Waals surface area contributed by atoms with Gasteiger partial charge in [-0.1, -0.05) is 12.1 Å². The van der Waals surface area contributed by atoms with Gasteiger partial charge in [0.1, 0.15) is 5.75 Å². The van der Waals surface area contributed by atoms with Gasteiger partial charge >= 0.3 is 0 Å². The van der Waals surface area contributed by atoms with Crippen molar-refractivity contribution < 1.29 is 9.47 Å². The maximum Gasteiger partial charge on any atom is 0.119 e. The second-order valence-corrected chi connectivity index (χ2v) is 6.51. The van der Waals surface area contributed by atoms with Crippen LogP contribution in [0.2, 0.25) is 0 Å². The van der Waals surface area contributed by atoms with Gasteiger partial charge in [-0.3, -0.25) is 4.90 Å². The molecule has 0 saturated carbocycles. The summed E-state index contributed by atoms with van der Waals surface area (Å²) in [4.78, 5) is 2.32. The van der Waals surface area contributed by atoms with Gasteiger partial charge in [0.25, 0.3) is 0 Å². The molecule has 0 bridgehead atoms. The summed E-state index contributed by atoms with van der Waals surface area (Å²) in [5, 5.41) is 3.55. The highest BCUT2D eigenvalue weighted by atomic mass is 16.5. The number of hydrogen-bond donors (Lipinski definition) is 1. The molecular weight excluding hydrogens is 264 g/mol. The van der Waals surface area contributed by atoms with Crippen LogP contribution in [0.15, 0.2) is 24.3 Å². The molecule has 0 heterocycles. The van der Waals surface area contributed by atoms with Crippen molar-refractivity contribution in [3.05, 3.63) is 29.8 Å². The minimum absolute atomic E-state index is 0.114. The summed E-state index contributed by atoms with van der Waals surface area (Å²) in [7, 11) is 5.58. The Bertz CT molecular complexity index is 415. The number of rotatable bonds is 8. The second kappa shape index (κ2) is 8.37. The van der Waals surface area contributed by atoms with Crippen molar-refractivity contribution in [2.24, 2.45) is 0 Å². The van der Waals surface area contributed by atoms with Crippen molar-refractivity contribution in [2.75, 3.05) is 34.4 Å². The average molecular weight is 294 g/mol. The Morgan fingerprint density at radius 1 is 1.24 bits per heavy atom. The number of likely N-dealkylation sites (N-methyl/N-ethyl adjacent to an activating group) is 1. The maximum absolute atomic E-state index is 5.37. The van der Waals surface area contributed by atoms with Crippen molar-refractivity contribution in [2.45, 2.75) is 38.9 Å². The van der Waals surface area contributed by atoms with Crippen molar-refractivity contribution in [1.29, 1.82) is 0 Å². The van der Waals surface area contributed by atoms with Crippen LogP contribution in [-0.2, 0) is 11.3 Å². The molecule has 1 aromatic rings. The monoisotopic (exact) mass is 294 g/mol. The van der Waals surface area contributed by atoms with Gasteiger partial charge < -0.3 is 14.8 Å². The van der Waals surface area contributed by atoms with Gasteiger partial charge in [0.15, 0.2) is 0 Å². The minimum Gasteiger partial charge on any atom is -0.497 e. The molecule has 21 heavy (non-hydrogen) atoms. The first-order valence-electron chi connectivity index (χ1n) is 7.43. The van der Waals surface area contributed by atoms with E-state index in [1.54, 1.807) is 14.2 Å². The molecule has 4 nitrogen and oxygen atoms in total. The van der Waals surface area contributed by atoms with Crippen LogP contribution in [0.4, 0.5) is 0 Å². The lowest BCUT2D eigenvalue weighted by Gasteiger charge is -2.31. The summed E-state index contributed by atoms with van der Waals surface area (Å²) in [6, 6.07) is 8.54. The van der Waals surface area contributed by atoms with E-state index in [1.807, 2.05) is 12.1 Å². The molecule has 0 aliphatic rings. The van der Waals surface area contributed by atoms with Crippen molar-refractivity contribution in [3.8, 4) is 5.75 Å². The molecule has 1 rings (SSSR count). The van der Waals surface area contributed by atoms with Crippen LogP contribution < -0.4 is 10.1 Å². The van der Waals surface area contributed by atoms with Crippen molar-refractivity contribution in [1.82, 2.24) is 10.2 Å². The average Bonchev–Trinajstić information content (AvgIpc) is 2.42. The standard InChI is InChI=1S/C17H30N2O2/c1-17(2,3)18-11-15(13-20-5)19(4)12-14-8-7-9-16(10-14)21-6/h7-10,15,18H,11-13H2,1-6H3. The van der Waals surface area contributed by atoms with Gasteiger partial charge in [0, 0.05) is 31.8 Å². The van der Waals surface area contributed by atoms with Crippen LogP contribution >= 0.6 is 0 Å². The molecule has 0 radical (unpaired) electrons. The zero-order valence-corrected chi connectivity index (χ0v) is 14.3. The molecule has 0 aromatic heterocycles. The summed E-state index contributed by atoms with van der Waals surface area (Å²) >= 11 is 0. The Balaban J connectivity index is 2.64. The molecule has 4 heteroatoms. The Labute approximate surface area is 129 Å². The smallest absolute Gasteiger partial charge is 0.119 e. The molecule has 0 aliphatic heterocycles. The number of nitrogens with one attached hydrogen (secondary N) is 1. The molecule has 1 N–H and O–H groups in total. The van der Waals surface area contributed by atoms with E-state index in [0.717, 1.165) is 18.8 Å². The summed E-state index contributed by atoms with van der Waals surface area (Å²) in [6.45, 7) is 9.02. The highest BCUT2D eigenvalue weighted by Gasteiger charge is 2.18. The Kier molecular flexibility index (Phi) is 7.15. The lowest BCUT2D eigenvalue weighted by Crippen LogP contribution is -2.48. The third-order valence-electron chi connectivity index (χ3n) is 3.42. The number of benzene rings is 1. The van der Waals surface area contributed by atoms with E-state index in [1.165, 1.54) is 5.56 Å². The van der Waals surface area contributed by atoms with Crippen molar-refractivity contribution in [3.63, 3.8) is 0 Å². The van der Waals surface area contributed by atoms with E-state index in [-0.39, 0.29) is 5.54 Å². The minimum atomic E-state index is 0.114. The lowest BCUT2D eigenvalue weighted by atomic mass is 10.1. The van der Waals surface area contributed by atoms with E-state index in [0.29, 0.717) is 12.6 Å². The van der Waals surface area contributed by atoms with Crippen LogP contribution in [0.25, 0.3) is 0 Å². The zero-order chi connectivity index (χ0) is 15.9. The van der Waals surface area contributed by atoms with Crippen LogP contribution in [-0.4, -0.2) is 50.9 Å². The third kappa shape index (κ3) is 6.93.